The van der Waals surface area contributed by atoms with Crippen LogP contribution in [0.15, 0.2) is 65.4 Å². The molecule has 0 atom stereocenters. The Labute approximate surface area is 206 Å². The molecular weight excluding hydrogens is 436 g/mol. The van der Waals surface area contributed by atoms with Crippen LogP contribution in [0.5, 0.6) is 0 Å². The normalized spacial score (nSPS) is 17.6. The fourth-order valence-corrected chi connectivity index (χ4v) is 5.41. The topological polar surface area (TPSA) is 62.7 Å². The first-order valence-corrected chi connectivity index (χ1v) is 12.7. The Bertz CT molecular complexity index is 1300. The summed E-state index contributed by atoms with van der Waals surface area (Å²) in [4.78, 5) is 14.6. The highest BCUT2D eigenvalue weighted by atomic mass is 16.3. The molecule has 0 spiro atoms. The zero-order chi connectivity index (χ0) is 23.6. The summed E-state index contributed by atoms with van der Waals surface area (Å²) in [5.41, 5.74) is 4.71. The minimum atomic E-state index is 0.491. The van der Waals surface area contributed by atoms with Crippen LogP contribution in [0.1, 0.15) is 49.7 Å². The second-order valence-electron chi connectivity index (χ2n) is 9.71. The lowest BCUT2D eigenvalue weighted by Crippen LogP contribution is -2.35. The second-order valence-corrected chi connectivity index (χ2v) is 9.71. The molecular formula is C28H32N6O. The first-order chi connectivity index (χ1) is 17.3. The van der Waals surface area contributed by atoms with Crippen molar-refractivity contribution in [1.82, 2.24) is 24.5 Å². The Morgan fingerprint density at radius 2 is 1.91 bits per heavy atom. The molecule has 0 amide bonds. The van der Waals surface area contributed by atoms with E-state index < -0.39 is 0 Å². The number of benzene rings is 1. The maximum atomic E-state index is 5.62. The van der Waals surface area contributed by atoms with Gasteiger partial charge in [0, 0.05) is 44.5 Å². The number of furan rings is 1. The van der Waals surface area contributed by atoms with Crippen molar-refractivity contribution in [3.05, 3.63) is 72.1 Å². The number of fused-ring (bicyclic) bond motifs is 1. The molecule has 6 rings (SSSR count). The van der Waals surface area contributed by atoms with E-state index in [1.807, 2.05) is 22.8 Å². The Morgan fingerprint density at radius 3 is 2.66 bits per heavy atom. The highest BCUT2D eigenvalue weighted by Gasteiger charge is 2.24. The van der Waals surface area contributed by atoms with Crippen LogP contribution >= 0.6 is 0 Å². The van der Waals surface area contributed by atoms with E-state index in [1.165, 1.54) is 43.2 Å². The first kappa shape index (κ1) is 22.0. The van der Waals surface area contributed by atoms with Crippen LogP contribution in [-0.2, 0) is 6.54 Å². The van der Waals surface area contributed by atoms with Gasteiger partial charge >= 0.3 is 0 Å². The number of hydrogen-bond acceptors (Lipinski definition) is 6. The van der Waals surface area contributed by atoms with E-state index in [4.69, 9.17) is 19.5 Å². The minimum Gasteiger partial charge on any atom is -0.461 e. The SMILES string of the molecule is CN(c1ncc(CN2CC=C(c3ccccc3)CC2)c2nc(-c3ccco3)nn12)C1CCCCC1. The summed E-state index contributed by atoms with van der Waals surface area (Å²) in [6.07, 6.45) is 13.3. The van der Waals surface area contributed by atoms with Crippen molar-refractivity contribution in [2.75, 3.05) is 25.0 Å². The molecule has 0 radical (unpaired) electrons. The first-order valence-electron chi connectivity index (χ1n) is 12.7. The summed E-state index contributed by atoms with van der Waals surface area (Å²) in [6.45, 7) is 2.72. The zero-order valence-electron chi connectivity index (χ0n) is 20.3. The summed E-state index contributed by atoms with van der Waals surface area (Å²) < 4.78 is 7.55. The number of hydrogen-bond donors (Lipinski definition) is 0. The van der Waals surface area contributed by atoms with Crippen molar-refractivity contribution in [3.63, 3.8) is 0 Å². The van der Waals surface area contributed by atoms with Crippen LogP contribution in [0.4, 0.5) is 5.95 Å². The Kier molecular flexibility index (Phi) is 6.08. The van der Waals surface area contributed by atoms with E-state index in [0.29, 0.717) is 17.6 Å². The smallest absolute Gasteiger partial charge is 0.228 e. The molecule has 0 saturated heterocycles. The van der Waals surface area contributed by atoms with Crippen molar-refractivity contribution in [2.45, 2.75) is 51.1 Å². The quantitative estimate of drug-likeness (QED) is 0.375. The van der Waals surface area contributed by atoms with Gasteiger partial charge in [0.25, 0.3) is 0 Å². The van der Waals surface area contributed by atoms with E-state index in [1.54, 1.807) is 6.26 Å². The molecule has 4 aromatic rings. The molecule has 7 heteroatoms. The van der Waals surface area contributed by atoms with Gasteiger partial charge < -0.3 is 9.32 Å². The molecule has 35 heavy (non-hydrogen) atoms. The third kappa shape index (κ3) is 4.48. The number of anilines is 1. The molecule has 1 aliphatic heterocycles. The summed E-state index contributed by atoms with van der Waals surface area (Å²) in [5.74, 6) is 2.14. The maximum absolute atomic E-state index is 5.62. The van der Waals surface area contributed by atoms with Crippen LogP contribution in [0.2, 0.25) is 0 Å². The number of rotatable bonds is 6. The molecule has 1 aromatic carbocycles. The lowest BCUT2D eigenvalue weighted by molar-refractivity contribution is 0.294. The molecule has 1 fully saturated rings. The van der Waals surface area contributed by atoms with Crippen molar-refractivity contribution < 1.29 is 4.42 Å². The van der Waals surface area contributed by atoms with Gasteiger partial charge in [0.2, 0.25) is 11.8 Å². The van der Waals surface area contributed by atoms with Crippen molar-refractivity contribution >= 4 is 17.2 Å². The van der Waals surface area contributed by atoms with Crippen molar-refractivity contribution in [2.24, 2.45) is 0 Å². The summed E-state index contributed by atoms with van der Waals surface area (Å²) >= 11 is 0. The van der Waals surface area contributed by atoms with E-state index in [-0.39, 0.29) is 0 Å². The molecule has 1 aliphatic carbocycles. The monoisotopic (exact) mass is 468 g/mol. The molecule has 0 N–H and O–H groups in total. The third-order valence-corrected chi connectivity index (χ3v) is 7.43. The minimum absolute atomic E-state index is 0.491. The molecule has 4 heterocycles. The van der Waals surface area contributed by atoms with E-state index in [2.05, 4.69) is 53.3 Å². The molecule has 3 aromatic heterocycles. The summed E-state index contributed by atoms with van der Waals surface area (Å²) in [6, 6.07) is 15.0. The molecule has 2 aliphatic rings. The molecule has 180 valence electrons. The van der Waals surface area contributed by atoms with Crippen molar-refractivity contribution in [1.29, 1.82) is 0 Å². The van der Waals surface area contributed by atoms with Gasteiger partial charge in [-0.3, -0.25) is 4.90 Å². The van der Waals surface area contributed by atoms with Gasteiger partial charge in [-0.1, -0.05) is 55.7 Å². The van der Waals surface area contributed by atoms with Gasteiger partial charge in [0.05, 0.1) is 6.26 Å². The summed E-state index contributed by atoms with van der Waals surface area (Å²) in [7, 11) is 2.15. The van der Waals surface area contributed by atoms with E-state index >= 15 is 0 Å². The highest BCUT2D eigenvalue weighted by molar-refractivity contribution is 5.66. The Balaban J connectivity index is 1.30. The van der Waals surface area contributed by atoms with Gasteiger partial charge in [-0.05, 0) is 42.5 Å². The van der Waals surface area contributed by atoms with Crippen LogP contribution in [-0.4, -0.2) is 50.7 Å². The number of aromatic nitrogens is 4. The largest absolute Gasteiger partial charge is 0.461 e. The fourth-order valence-electron chi connectivity index (χ4n) is 5.41. The van der Waals surface area contributed by atoms with Gasteiger partial charge in [-0.25, -0.2) is 9.97 Å². The average molecular weight is 469 g/mol. The van der Waals surface area contributed by atoms with Crippen LogP contribution in [0.25, 0.3) is 22.8 Å². The van der Waals surface area contributed by atoms with Crippen LogP contribution < -0.4 is 4.90 Å². The van der Waals surface area contributed by atoms with Crippen LogP contribution in [0, 0.1) is 0 Å². The van der Waals surface area contributed by atoms with Crippen molar-refractivity contribution in [3.8, 4) is 11.6 Å². The average Bonchev–Trinajstić information content (AvgIpc) is 3.61. The maximum Gasteiger partial charge on any atom is 0.228 e. The second kappa shape index (κ2) is 9.66. The zero-order valence-corrected chi connectivity index (χ0v) is 20.3. The van der Waals surface area contributed by atoms with Gasteiger partial charge in [0.15, 0.2) is 11.4 Å². The summed E-state index contributed by atoms with van der Waals surface area (Å²) in [5, 5.41) is 4.85. The van der Waals surface area contributed by atoms with Gasteiger partial charge in [-0.15, -0.1) is 5.10 Å². The highest BCUT2D eigenvalue weighted by Crippen LogP contribution is 2.28. The van der Waals surface area contributed by atoms with Crippen LogP contribution in [0.3, 0.4) is 0 Å². The molecule has 7 nitrogen and oxygen atoms in total. The lowest BCUT2D eigenvalue weighted by atomic mass is 9.95. The number of nitrogens with zero attached hydrogens (tertiary/aromatic N) is 6. The fraction of sp³-hybridized carbons (Fsp3) is 0.393. The lowest BCUT2D eigenvalue weighted by Gasteiger charge is -2.32. The predicted octanol–water partition coefficient (Wildman–Crippen LogP) is 5.44. The van der Waals surface area contributed by atoms with Gasteiger partial charge in [-0.2, -0.15) is 4.52 Å². The van der Waals surface area contributed by atoms with Gasteiger partial charge in [0.1, 0.15) is 0 Å². The third-order valence-electron chi connectivity index (χ3n) is 7.43. The standard InChI is InChI=1S/C28H32N6O/c1-32(24-11-6-3-7-12-24)28-29-19-23(27-30-26(31-34(27)28)25-13-8-18-35-25)20-33-16-14-22(15-17-33)21-9-4-2-5-10-21/h2,4-5,8-10,13-14,18-19,24H,3,6-7,11-12,15-17,20H2,1H3. The van der Waals surface area contributed by atoms with E-state index in [9.17, 15) is 0 Å². The Hall–Kier alpha value is -3.45. The van der Waals surface area contributed by atoms with E-state index in [0.717, 1.165) is 43.2 Å². The molecule has 0 bridgehead atoms. The predicted molar refractivity (Wildman–Crippen MR) is 138 cm³/mol. The molecule has 0 unspecified atom stereocenters. The molecule has 1 saturated carbocycles. The Morgan fingerprint density at radius 1 is 1.06 bits per heavy atom.